The van der Waals surface area contributed by atoms with Crippen molar-refractivity contribution in [3.8, 4) is 17.2 Å². The Hall–Kier alpha value is -4.80. The molecule has 0 aliphatic carbocycles. The Bertz CT molecular complexity index is 1720. The van der Waals surface area contributed by atoms with Crippen LogP contribution in [-0.4, -0.2) is 72.5 Å². The fraction of sp³-hybridized carbons (Fsp3) is 0.333. The quantitative estimate of drug-likeness (QED) is 0.238. The van der Waals surface area contributed by atoms with Crippen molar-refractivity contribution >= 4 is 34.1 Å². The van der Waals surface area contributed by atoms with Gasteiger partial charge in [0.05, 0.1) is 24.8 Å². The predicted molar refractivity (Wildman–Crippen MR) is 177 cm³/mol. The number of hydrogen-bond acceptors (Lipinski definition) is 7. The van der Waals surface area contributed by atoms with Gasteiger partial charge in [-0.3, -0.25) is 9.69 Å². The van der Waals surface area contributed by atoms with Gasteiger partial charge in [-0.2, -0.15) is 0 Å². The van der Waals surface area contributed by atoms with Crippen molar-refractivity contribution in [3.63, 3.8) is 0 Å². The highest BCUT2D eigenvalue weighted by molar-refractivity contribution is 6.06. The van der Waals surface area contributed by atoms with E-state index >= 15 is 0 Å². The first-order valence-electron chi connectivity index (χ1n) is 15.6. The Morgan fingerprint density at radius 1 is 1.00 bits per heavy atom. The van der Waals surface area contributed by atoms with Crippen molar-refractivity contribution in [2.24, 2.45) is 5.92 Å². The fourth-order valence-electron chi connectivity index (χ4n) is 6.07. The molecule has 240 valence electrons. The van der Waals surface area contributed by atoms with Crippen LogP contribution in [0, 0.1) is 5.92 Å². The number of benzene rings is 4. The lowest BCUT2D eigenvalue weighted by Crippen LogP contribution is -2.47. The number of fused-ring (bicyclic) bond motifs is 3. The molecule has 0 saturated heterocycles. The summed E-state index contributed by atoms with van der Waals surface area (Å²) in [6.45, 7) is 5.71. The zero-order chi connectivity index (χ0) is 32.2. The second-order valence-electron chi connectivity index (χ2n) is 12.2. The number of nitrogens with zero attached hydrogens (tertiary/aromatic N) is 2. The number of carbonyl (C=O) groups is 2. The van der Waals surface area contributed by atoms with Crippen molar-refractivity contribution in [2.75, 3.05) is 44.2 Å². The summed E-state index contributed by atoms with van der Waals surface area (Å²) in [5.41, 5.74) is 3.00. The van der Waals surface area contributed by atoms with Crippen LogP contribution in [0.15, 0.2) is 78.9 Å². The molecule has 46 heavy (non-hydrogen) atoms. The van der Waals surface area contributed by atoms with E-state index in [2.05, 4.69) is 22.5 Å². The van der Waals surface area contributed by atoms with E-state index in [-0.39, 0.29) is 43.8 Å². The smallest absolute Gasteiger partial charge is 0.323 e. The largest absolute Gasteiger partial charge is 0.488 e. The van der Waals surface area contributed by atoms with Crippen LogP contribution in [0.3, 0.4) is 0 Å². The van der Waals surface area contributed by atoms with E-state index in [1.54, 1.807) is 17.0 Å². The minimum atomic E-state index is -0.390. The van der Waals surface area contributed by atoms with E-state index in [1.807, 2.05) is 80.7 Å². The zero-order valence-corrected chi connectivity index (χ0v) is 26.4. The van der Waals surface area contributed by atoms with Crippen LogP contribution in [0.25, 0.3) is 10.8 Å². The number of hydrogen-bond donors (Lipinski definition) is 3. The maximum atomic E-state index is 13.6. The molecule has 0 saturated carbocycles. The maximum absolute atomic E-state index is 13.6. The molecule has 0 bridgehead atoms. The van der Waals surface area contributed by atoms with Gasteiger partial charge in [0.1, 0.15) is 11.9 Å². The average Bonchev–Trinajstić information content (AvgIpc) is 3.53. The van der Waals surface area contributed by atoms with Crippen molar-refractivity contribution < 1.29 is 28.9 Å². The van der Waals surface area contributed by atoms with E-state index < -0.39 is 6.03 Å². The molecule has 0 fully saturated rings. The molecule has 0 radical (unpaired) electrons. The second-order valence-corrected chi connectivity index (χ2v) is 12.2. The molecule has 10 heteroatoms. The third kappa shape index (κ3) is 7.03. The van der Waals surface area contributed by atoms with Gasteiger partial charge in [0.2, 0.25) is 12.7 Å². The molecule has 2 aliphatic rings. The summed E-state index contributed by atoms with van der Waals surface area (Å²) in [5.74, 6) is 1.95. The number of aliphatic hydroxyl groups excluding tert-OH is 1. The summed E-state index contributed by atoms with van der Waals surface area (Å²) in [6, 6.07) is 24.2. The second kappa shape index (κ2) is 13.7. The van der Waals surface area contributed by atoms with Gasteiger partial charge in [-0.05, 0) is 61.3 Å². The summed E-state index contributed by atoms with van der Waals surface area (Å²) in [5, 5.41) is 17.8. The van der Waals surface area contributed by atoms with Gasteiger partial charge in [-0.25, -0.2) is 4.79 Å². The lowest BCUT2D eigenvalue weighted by molar-refractivity contribution is -0.134. The first kappa shape index (κ1) is 31.2. The molecule has 3 N–H and O–H groups in total. The molecule has 2 heterocycles. The molecule has 0 unspecified atom stereocenters. The number of urea groups is 1. The van der Waals surface area contributed by atoms with Gasteiger partial charge >= 0.3 is 6.03 Å². The minimum Gasteiger partial charge on any atom is -0.488 e. The highest BCUT2D eigenvalue weighted by atomic mass is 16.7. The lowest BCUT2D eigenvalue weighted by Gasteiger charge is -2.34. The van der Waals surface area contributed by atoms with E-state index in [4.69, 9.17) is 14.2 Å². The molecular formula is C36H40N4O6. The molecular weight excluding hydrogens is 584 g/mol. The van der Waals surface area contributed by atoms with Gasteiger partial charge in [0.25, 0.3) is 0 Å². The number of likely N-dealkylation sites (N-methyl/N-ethyl adjacent to an activating group) is 1. The third-order valence-corrected chi connectivity index (χ3v) is 8.59. The molecule has 3 amide bonds. The Morgan fingerprint density at radius 3 is 2.63 bits per heavy atom. The molecule has 0 spiro atoms. The van der Waals surface area contributed by atoms with Crippen molar-refractivity contribution in [2.45, 2.75) is 39.0 Å². The number of carbonyl (C=O) groups excluding carboxylic acids is 2. The standard InChI is InChI=1S/C36H40N4O6/c1-23-18-40(24(2)21-41)35(42)17-27-16-28(37-36(43)38-30-10-6-8-26-7-4-5-9-29(26)30)12-14-31(27)46-34(23)20-39(3)19-25-11-13-32-33(15-25)45-22-44-32/h4-16,23-24,34,41H,17-22H2,1-3H3,(H2,37,38,43)/t23-,24-,34+/m0/s1. The van der Waals surface area contributed by atoms with Crippen LogP contribution >= 0.6 is 0 Å². The number of aliphatic hydroxyl groups is 1. The van der Waals surface area contributed by atoms with Crippen LogP contribution in [0.2, 0.25) is 0 Å². The van der Waals surface area contributed by atoms with Crippen LogP contribution in [0.5, 0.6) is 17.2 Å². The monoisotopic (exact) mass is 624 g/mol. The van der Waals surface area contributed by atoms with Crippen molar-refractivity contribution in [1.82, 2.24) is 9.80 Å². The summed E-state index contributed by atoms with van der Waals surface area (Å²) in [7, 11) is 2.04. The van der Waals surface area contributed by atoms with Gasteiger partial charge in [0.15, 0.2) is 11.5 Å². The summed E-state index contributed by atoms with van der Waals surface area (Å²) in [6.07, 6.45) is -0.183. The number of amides is 3. The first-order valence-corrected chi connectivity index (χ1v) is 15.6. The summed E-state index contributed by atoms with van der Waals surface area (Å²) in [4.78, 5) is 30.6. The van der Waals surface area contributed by atoms with Crippen LogP contribution in [0.1, 0.15) is 25.0 Å². The molecule has 3 atom stereocenters. The molecule has 10 nitrogen and oxygen atoms in total. The Morgan fingerprint density at radius 2 is 1.78 bits per heavy atom. The Balaban J connectivity index is 1.21. The number of rotatable bonds is 8. The summed E-state index contributed by atoms with van der Waals surface area (Å²) >= 11 is 0. The molecule has 4 aromatic rings. The maximum Gasteiger partial charge on any atom is 0.323 e. The number of anilines is 2. The number of ether oxygens (including phenoxy) is 3. The fourth-order valence-corrected chi connectivity index (χ4v) is 6.07. The average molecular weight is 625 g/mol. The van der Waals surface area contributed by atoms with Gasteiger partial charge in [-0.1, -0.05) is 49.4 Å². The van der Waals surface area contributed by atoms with Crippen LogP contribution < -0.4 is 24.8 Å². The van der Waals surface area contributed by atoms with Gasteiger partial charge in [0, 0.05) is 42.2 Å². The van der Waals surface area contributed by atoms with Gasteiger partial charge < -0.3 is 34.9 Å². The van der Waals surface area contributed by atoms with Crippen molar-refractivity contribution in [1.29, 1.82) is 0 Å². The van der Waals surface area contributed by atoms with E-state index in [9.17, 15) is 14.7 Å². The molecule has 4 aromatic carbocycles. The zero-order valence-electron chi connectivity index (χ0n) is 26.4. The minimum absolute atomic E-state index is 0.0348. The van der Waals surface area contributed by atoms with Crippen LogP contribution in [-0.2, 0) is 17.8 Å². The predicted octanol–water partition coefficient (Wildman–Crippen LogP) is 5.49. The van der Waals surface area contributed by atoms with Gasteiger partial charge in [-0.15, -0.1) is 0 Å². The highest BCUT2D eigenvalue weighted by Gasteiger charge is 2.31. The van der Waals surface area contributed by atoms with E-state index in [1.165, 1.54) is 0 Å². The summed E-state index contributed by atoms with van der Waals surface area (Å²) < 4.78 is 17.7. The Kier molecular flexibility index (Phi) is 9.28. The highest BCUT2D eigenvalue weighted by Crippen LogP contribution is 2.33. The van der Waals surface area contributed by atoms with Crippen molar-refractivity contribution in [3.05, 3.63) is 90.0 Å². The lowest BCUT2D eigenvalue weighted by atomic mass is 10.0. The number of nitrogens with one attached hydrogen (secondary N) is 2. The van der Waals surface area contributed by atoms with E-state index in [0.717, 1.165) is 27.8 Å². The third-order valence-electron chi connectivity index (χ3n) is 8.59. The Labute approximate surface area is 268 Å². The first-order chi connectivity index (χ1) is 22.3. The molecule has 6 rings (SSSR count). The molecule has 0 aromatic heterocycles. The normalized spacial score (nSPS) is 18.3. The van der Waals surface area contributed by atoms with Crippen LogP contribution in [0.4, 0.5) is 16.2 Å². The van der Waals surface area contributed by atoms with E-state index in [0.29, 0.717) is 42.3 Å². The SMILES string of the molecule is C[C@H]1CN([C@@H](C)CO)C(=O)Cc2cc(NC(=O)Nc3cccc4ccccc34)ccc2O[C@@H]1CN(C)Cc1ccc2c(c1)OCO2. The topological polar surface area (TPSA) is 113 Å². The molecule has 2 aliphatic heterocycles.